The van der Waals surface area contributed by atoms with Crippen molar-refractivity contribution in [2.24, 2.45) is 0 Å². The maximum Gasteiger partial charge on any atom is 0.0159 e. The van der Waals surface area contributed by atoms with Crippen molar-refractivity contribution in [3.8, 4) is 33.4 Å². The minimum absolute atomic E-state index is 0.0273. The SMILES string of the molecule is CC1(C)c2cccc3cc(-c4c5ccccc5c(-c5ccccc5-c5ccc6ccccc6c5)c5ccccc45)c4cccc1c4c23. The van der Waals surface area contributed by atoms with E-state index in [9.17, 15) is 0 Å². The Bertz CT molecular complexity index is 2700. The molecule has 0 radical (unpaired) electrons. The van der Waals surface area contributed by atoms with Gasteiger partial charge in [0.2, 0.25) is 0 Å². The Morgan fingerprint density at radius 1 is 0.340 bits per heavy atom. The highest BCUT2D eigenvalue weighted by Gasteiger charge is 2.34. The Balaban J connectivity index is 1.33. The second kappa shape index (κ2) is 9.64. The van der Waals surface area contributed by atoms with E-state index in [1.807, 2.05) is 0 Å². The Morgan fingerprint density at radius 3 is 1.55 bits per heavy atom. The zero-order chi connectivity index (χ0) is 31.3. The summed E-state index contributed by atoms with van der Waals surface area (Å²) in [6, 6.07) is 58.8. The quantitative estimate of drug-likeness (QED) is 0.141. The predicted octanol–water partition coefficient (Wildman–Crippen LogP) is 13.1. The van der Waals surface area contributed by atoms with E-state index in [-0.39, 0.29) is 5.41 Å². The fourth-order valence-corrected chi connectivity index (χ4v) is 8.66. The Kier molecular flexibility index (Phi) is 5.44. The average Bonchev–Trinajstić information content (AvgIpc) is 3.36. The number of benzene rings is 9. The second-order valence-electron chi connectivity index (χ2n) is 13.6. The van der Waals surface area contributed by atoms with E-state index >= 15 is 0 Å². The van der Waals surface area contributed by atoms with Crippen LogP contribution in [0.2, 0.25) is 0 Å². The lowest BCUT2D eigenvalue weighted by Crippen LogP contribution is -2.14. The van der Waals surface area contributed by atoms with Crippen LogP contribution in [-0.4, -0.2) is 0 Å². The monoisotopic (exact) mass is 596 g/mol. The number of fused-ring (bicyclic) bond motifs is 3. The van der Waals surface area contributed by atoms with Crippen molar-refractivity contribution in [2.45, 2.75) is 19.3 Å². The van der Waals surface area contributed by atoms with Crippen molar-refractivity contribution >= 4 is 53.9 Å². The van der Waals surface area contributed by atoms with Gasteiger partial charge in [-0.2, -0.15) is 0 Å². The van der Waals surface area contributed by atoms with E-state index in [1.165, 1.54) is 98.4 Å². The fourth-order valence-electron chi connectivity index (χ4n) is 8.66. The first kappa shape index (κ1) is 26.5. The fraction of sp³-hybridized carbons (Fsp3) is 0.0638. The highest BCUT2D eigenvalue weighted by molar-refractivity contribution is 6.27. The molecule has 0 fully saturated rings. The lowest BCUT2D eigenvalue weighted by Gasteiger charge is -2.22. The van der Waals surface area contributed by atoms with Gasteiger partial charge >= 0.3 is 0 Å². The molecule has 9 aromatic carbocycles. The summed E-state index contributed by atoms with van der Waals surface area (Å²) in [5.74, 6) is 0. The molecule has 9 aromatic rings. The summed E-state index contributed by atoms with van der Waals surface area (Å²) in [6.45, 7) is 4.76. The van der Waals surface area contributed by atoms with Crippen molar-refractivity contribution in [3.63, 3.8) is 0 Å². The molecule has 47 heavy (non-hydrogen) atoms. The third kappa shape index (κ3) is 3.64. The third-order valence-corrected chi connectivity index (χ3v) is 10.8. The van der Waals surface area contributed by atoms with Crippen molar-refractivity contribution in [1.82, 2.24) is 0 Å². The zero-order valence-corrected chi connectivity index (χ0v) is 26.5. The summed E-state index contributed by atoms with van der Waals surface area (Å²) in [7, 11) is 0. The summed E-state index contributed by atoms with van der Waals surface area (Å²) >= 11 is 0. The van der Waals surface area contributed by atoms with E-state index in [1.54, 1.807) is 0 Å². The van der Waals surface area contributed by atoms with Gasteiger partial charge in [0.05, 0.1) is 0 Å². The summed E-state index contributed by atoms with van der Waals surface area (Å²) in [6.07, 6.45) is 0. The third-order valence-electron chi connectivity index (χ3n) is 10.8. The van der Waals surface area contributed by atoms with Gasteiger partial charge < -0.3 is 0 Å². The molecule has 0 atom stereocenters. The minimum Gasteiger partial charge on any atom is -0.0616 e. The van der Waals surface area contributed by atoms with Crippen LogP contribution in [0.1, 0.15) is 25.0 Å². The molecule has 0 aliphatic heterocycles. The first-order valence-corrected chi connectivity index (χ1v) is 16.6. The lowest BCUT2D eigenvalue weighted by molar-refractivity contribution is 0.663. The van der Waals surface area contributed by atoms with Crippen LogP contribution < -0.4 is 0 Å². The first-order valence-electron chi connectivity index (χ1n) is 16.6. The topological polar surface area (TPSA) is 0 Å². The highest BCUT2D eigenvalue weighted by atomic mass is 14.4. The average molecular weight is 597 g/mol. The first-order chi connectivity index (χ1) is 23.1. The van der Waals surface area contributed by atoms with Crippen LogP contribution in [0.15, 0.2) is 158 Å². The molecule has 1 aliphatic rings. The van der Waals surface area contributed by atoms with Gasteiger partial charge in [-0.1, -0.05) is 159 Å². The van der Waals surface area contributed by atoms with Crippen molar-refractivity contribution in [3.05, 3.63) is 169 Å². The van der Waals surface area contributed by atoms with E-state index in [2.05, 4.69) is 172 Å². The summed E-state index contributed by atoms with van der Waals surface area (Å²) < 4.78 is 0. The molecule has 0 spiro atoms. The number of hydrogen-bond acceptors (Lipinski definition) is 0. The lowest BCUT2D eigenvalue weighted by atomic mass is 9.81. The van der Waals surface area contributed by atoms with Gasteiger partial charge in [-0.05, 0) is 111 Å². The standard InChI is InChI=1S/C47H32/c1-47(2)41-23-11-15-32-28-40(39-22-12-24-42(47)46(39)43(32)41)45-37-20-9-7-18-35(37)44(36-19-8-10-21-38(36)45)34-17-6-5-16-33(34)31-26-25-29-13-3-4-14-30(29)27-31/h3-28H,1-2H3. The molecule has 10 rings (SSSR count). The predicted molar refractivity (Wildman–Crippen MR) is 202 cm³/mol. The Morgan fingerprint density at radius 2 is 0.851 bits per heavy atom. The van der Waals surface area contributed by atoms with Crippen molar-refractivity contribution in [1.29, 1.82) is 0 Å². The van der Waals surface area contributed by atoms with Gasteiger partial charge in [-0.3, -0.25) is 0 Å². The van der Waals surface area contributed by atoms with E-state index in [0.29, 0.717) is 0 Å². The van der Waals surface area contributed by atoms with E-state index in [4.69, 9.17) is 0 Å². The molecular weight excluding hydrogens is 565 g/mol. The van der Waals surface area contributed by atoms with Crippen LogP contribution in [0.25, 0.3) is 87.2 Å². The molecule has 0 unspecified atom stereocenters. The molecule has 220 valence electrons. The van der Waals surface area contributed by atoms with Crippen LogP contribution in [0.5, 0.6) is 0 Å². The highest BCUT2D eigenvalue weighted by Crippen LogP contribution is 2.53. The molecule has 0 N–H and O–H groups in total. The van der Waals surface area contributed by atoms with E-state index < -0.39 is 0 Å². The van der Waals surface area contributed by atoms with Crippen molar-refractivity contribution in [2.75, 3.05) is 0 Å². The van der Waals surface area contributed by atoms with Gasteiger partial charge in [0, 0.05) is 5.41 Å². The smallest absolute Gasteiger partial charge is 0.0159 e. The van der Waals surface area contributed by atoms with Gasteiger partial charge in [-0.15, -0.1) is 0 Å². The molecule has 0 saturated heterocycles. The second-order valence-corrected chi connectivity index (χ2v) is 13.6. The van der Waals surface area contributed by atoms with Crippen LogP contribution in [0.3, 0.4) is 0 Å². The number of hydrogen-bond donors (Lipinski definition) is 0. The maximum absolute atomic E-state index is 2.46. The summed E-state index contributed by atoms with van der Waals surface area (Å²) in [5.41, 5.74) is 10.5. The van der Waals surface area contributed by atoms with Crippen molar-refractivity contribution < 1.29 is 0 Å². The van der Waals surface area contributed by atoms with Crippen LogP contribution in [0, 0.1) is 0 Å². The largest absolute Gasteiger partial charge is 0.0616 e. The molecular formula is C47H32. The molecule has 0 amide bonds. The molecule has 1 aliphatic carbocycles. The molecule has 0 saturated carbocycles. The molecule has 0 aromatic heterocycles. The summed E-state index contributed by atoms with van der Waals surface area (Å²) in [4.78, 5) is 0. The van der Waals surface area contributed by atoms with Gasteiger partial charge in [-0.25, -0.2) is 0 Å². The molecule has 0 bridgehead atoms. The Hall–Kier alpha value is -5.72. The van der Waals surface area contributed by atoms with Gasteiger partial charge in [0.15, 0.2) is 0 Å². The van der Waals surface area contributed by atoms with Crippen LogP contribution >= 0.6 is 0 Å². The molecule has 0 nitrogen and oxygen atoms in total. The molecule has 0 heterocycles. The van der Waals surface area contributed by atoms with Gasteiger partial charge in [0.25, 0.3) is 0 Å². The normalized spacial score (nSPS) is 13.5. The molecule has 0 heteroatoms. The van der Waals surface area contributed by atoms with Gasteiger partial charge in [0.1, 0.15) is 0 Å². The zero-order valence-electron chi connectivity index (χ0n) is 26.5. The maximum atomic E-state index is 2.46. The number of rotatable bonds is 3. The summed E-state index contributed by atoms with van der Waals surface area (Å²) in [5, 5.41) is 13.2. The van der Waals surface area contributed by atoms with E-state index in [0.717, 1.165) is 0 Å². The van der Waals surface area contributed by atoms with Crippen LogP contribution in [-0.2, 0) is 5.41 Å². The minimum atomic E-state index is -0.0273. The Labute approximate surface area is 274 Å². The van der Waals surface area contributed by atoms with Crippen LogP contribution in [0.4, 0.5) is 0 Å².